The Morgan fingerprint density at radius 1 is 1.50 bits per heavy atom. The van der Waals surface area contributed by atoms with Crippen molar-refractivity contribution in [3.63, 3.8) is 0 Å². The second-order valence-electron chi connectivity index (χ2n) is 4.33. The topological polar surface area (TPSA) is 54.3 Å². The maximum absolute atomic E-state index is 14.0. The van der Waals surface area contributed by atoms with Gasteiger partial charge in [0.25, 0.3) is 0 Å². The lowest BCUT2D eigenvalue weighted by Gasteiger charge is -2.23. The molecule has 2 heterocycles. The summed E-state index contributed by atoms with van der Waals surface area (Å²) < 4.78 is 29.2. The number of carbonyl (C=O) groups excluding carboxylic acids is 1. The van der Waals surface area contributed by atoms with Crippen LogP contribution < -0.4 is 5.32 Å². The summed E-state index contributed by atoms with van der Waals surface area (Å²) in [4.78, 5) is 11.7. The van der Waals surface area contributed by atoms with Gasteiger partial charge in [-0.3, -0.25) is 4.79 Å². The number of hydrogen-bond acceptors (Lipinski definition) is 2. The number of halogens is 2. The monoisotopic (exact) mass is 252 g/mol. The van der Waals surface area contributed by atoms with E-state index in [2.05, 4.69) is 5.32 Å². The lowest BCUT2D eigenvalue weighted by Crippen LogP contribution is -2.28. The fourth-order valence-corrected chi connectivity index (χ4v) is 2.30. The van der Waals surface area contributed by atoms with Crippen molar-refractivity contribution in [1.82, 2.24) is 4.57 Å². The maximum Gasteiger partial charge on any atom is 0.247 e. The number of carbonyl (C=O) groups is 1. The average molecular weight is 252 g/mol. The first kappa shape index (κ1) is 11.2. The summed E-state index contributed by atoms with van der Waals surface area (Å²) in [5.41, 5.74) is 0.210. The minimum absolute atomic E-state index is 0.0380. The van der Waals surface area contributed by atoms with E-state index in [0.29, 0.717) is 5.52 Å². The third-order valence-corrected chi connectivity index (χ3v) is 3.30. The second-order valence-corrected chi connectivity index (χ2v) is 4.33. The summed E-state index contributed by atoms with van der Waals surface area (Å²) in [6, 6.07) is 0.674. The molecule has 1 aromatic heterocycles. The molecule has 0 bridgehead atoms. The Hall–Kier alpha value is -1.95. The van der Waals surface area contributed by atoms with Crippen LogP contribution in [0.15, 0.2) is 12.3 Å². The third-order valence-electron chi connectivity index (χ3n) is 3.30. The zero-order valence-electron chi connectivity index (χ0n) is 9.50. The lowest BCUT2D eigenvalue weighted by atomic mass is 10.1. The Bertz CT molecular complexity index is 679. The van der Waals surface area contributed by atoms with Crippen LogP contribution in [0.25, 0.3) is 10.9 Å². The van der Waals surface area contributed by atoms with Crippen LogP contribution >= 0.6 is 0 Å². The molecule has 18 heavy (non-hydrogen) atoms. The van der Waals surface area contributed by atoms with Gasteiger partial charge in [-0.2, -0.15) is 0 Å². The van der Waals surface area contributed by atoms with Crippen molar-refractivity contribution in [2.45, 2.75) is 19.6 Å². The maximum atomic E-state index is 14.0. The van der Waals surface area contributed by atoms with Gasteiger partial charge in [0.2, 0.25) is 5.91 Å². The number of aliphatic hydroxyl groups is 1. The van der Waals surface area contributed by atoms with E-state index in [0.717, 1.165) is 0 Å². The first-order chi connectivity index (χ1) is 8.54. The molecule has 1 aromatic carbocycles. The molecule has 4 nitrogen and oxygen atoms in total. The van der Waals surface area contributed by atoms with E-state index in [1.54, 1.807) is 6.92 Å². The summed E-state index contributed by atoms with van der Waals surface area (Å²) in [5, 5.41) is 11.7. The molecule has 2 N–H and O–H groups in total. The highest BCUT2D eigenvalue weighted by Gasteiger charge is 2.29. The van der Waals surface area contributed by atoms with Crippen LogP contribution in [0.5, 0.6) is 0 Å². The molecule has 0 saturated carbocycles. The van der Waals surface area contributed by atoms with Gasteiger partial charge in [-0.15, -0.1) is 0 Å². The van der Waals surface area contributed by atoms with E-state index >= 15 is 0 Å². The van der Waals surface area contributed by atoms with Crippen LogP contribution in [0, 0.1) is 11.6 Å². The van der Waals surface area contributed by atoms with Gasteiger partial charge in [0.1, 0.15) is 17.5 Å². The number of anilines is 1. The van der Waals surface area contributed by atoms with E-state index < -0.39 is 30.2 Å². The largest absolute Gasteiger partial charge is 0.392 e. The van der Waals surface area contributed by atoms with E-state index in [1.165, 1.54) is 16.8 Å². The highest BCUT2D eigenvalue weighted by Crippen LogP contribution is 2.37. The number of amides is 1. The van der Waals surface area contributed by atoms with Gasteiger partial charge >= 0.3 is 0 Å². The molecular weight excluding hydrogens is 242 g/mol. The van der Waals surface area contributed by atoms with E-state index in [-0.39, 0.29) is 16.6 Å². The van der Waals surface area contributed by atoms with Crippen LogP contribution in [-0.2, 0) is 11.4 Å². The van der Waals surface area contributed by atoms with Gasteiger partial charge in [-0.25, -0.2) is 8.78 Å². The number of hydrogen-bond donors (Lipinski definition) is 2. The van der Waals surface area contributed by atoms with E-state index in [1.807, 2.05) is 0 Å². The Morgan fingerprint density at radius 2 is 2.22 bits per heavy atom. The molecule has 6 heteroatoms. The zero-order chi connectivity index (χ0) is 13.0. The second kappa shape index (κ2) is 3.52. The van der Waals surface area contributed by atoms with Gasteiger partial charge in [0.15, 0.2) is 5.82 Å². The Labute approximate surface area is 101 Å². The van der Waals surface area contributed by atoms with E-state index in [9.17, 15) is 13.6 Å². The van der Waals surface area contributed by atoms with Crippen LogP contribution in [0.2, 0.25) is 0 Å². The van der Waals surface area contributed by atoms with Crippen LogP contribution in [0.3, 0.4) is 0 Å². The quantitative estimate of drug-likeness (QED) is 0.814. The van der Waals surface area contributed by atoms with Crippen molar-refractivity contribution in [2.24, 2.45) is 0 Å². The number of rotatable bonds is 1. The predicted octanol–water partition coefficient (Wildman–Crippen LogP) is 1.92. The fraction of sp³-hybridized carbons (Fsp3) is 0.250. The molecule has 2 aromatic rings. The average Bonchev–Trinajstić information content (AvgIpc) is 2.67. The normalized spacial score (nSPS) is 18.2. The van der Waals surface area contributed by atoms with Crippen LogP contribution in [0.1, 0.15) is 18.5 Å². The molecule has 3 rings (SSSR count). The molecule has 1 aliphatic rings. The van der Waals surface area contributed by atoms with Crippen molar-refractivity contribution in [2.75, 3.05) is 5.32 Å². The smallest absolute Gasteiger partial charge is 0.247 e. The zero-order valence-corrected chi connectivity index (χ0v) is 9.50. The Balaban J connectivity index is 2.47. The van der Waals surface area contributed by atoms with Crippen molar-refractivity contribution < 1.29 is 18.7 Å². The first-order valence-corrected chi connectivity index (χ1v) is 5.47. The molecular formula is C12H10F2N2O2. The molecule has 0 fully saturated rings. The van der Waals surface area contributed by atoms with Gasteiger partial charge in [-0.1, -0.05) is 0 Å². The molecule has 94 valence electrons. The predicted molar refractivity (Wildman–Crippen MR) is 61.1 cm³/mol. The summed E-state index contributed by atoms with van der Waals surface area (Å²) in [6.45, 7) is 1.06. The molecule has 1 unspecified atom stereocenters. The Morgan fingerprint density at radius 3 is 2.89 bits per heavy atom. The highest BCUT2D eigenvalue weighted by molar-refractivity contribution is 6.06. The van der Waals surface area contributed by atoms with Gasteiger partial charge < -0.3 is 15.0 Å². The minimum Gasteiger partial charge on any atom is -0.392 e. The molecule has 0 radical (unpaired) electrons. The standard InChI is InChI=1S/C12H10F2N2O2/c1-5-12(18)15-10-9(14)6(4-17)2-7-8(13)3-16(5)11(7)10/h2-3,5,17H,4H2,1H3,(H,15,18). The lowest BCUT2D eigenvalue weighted by molar-refractivity contribution is -0.118. The number of aliphatic hydroxyl groups excluding tert-OH is 1. The number of benzene rings is 1. The molecule has 0 aliphatic carbocycles. The van der Waals surface area contributed by atoms with Gasteiger partial charge in [-0.05, 0) is 13.0 Å². The Kier molecular flexibility index (Phi) is 2.18. The molecule has 0 saturated heterocycles. The summed E-state index contributed by atoms with van der Waals surface area (Å²) in [7, 11) is 0. The van der Waals surface area contributed by atoms with Crippen molar-refractivity contribution >= 4 is 22.5 Å². The molecule has 0 spiro atoms. The van der Waals surface area contributed by atoms with Crippen LogP contribution in [-0.4, -0.2) is 15.6 Å². The third kappa shape index (κ3) is 1.23. The number of nitrogens with one attached hydrogen (secondary N) is 1. The van der Waals surface area contributed by atoms with E-state index in [4.69, 9.17) is 5.11 Å². The summed E-state index contributed by atoms with van der Waals surface area (Å²) in [5.74, 6) is -1.66. The van der Waals surface area contributed by atoms with Crippen LogP contribution in [0.4, 0.5) is 14.5 Å². The van der Waals surface area contributed by atoms with Crippen molar-refractivity contribution in [3.8, 4) is 0 Å². The fourth-order valence-electron chi connectivity index (χ4n) is 2.30. The first-order valence-electron chi connectivity index (χ1n) is 5.47. The molecule has 1 amide bonds. The number of aromatic nitrogens is 1. The van der Waals surface area contributed by atoms with Crippen molar-refractivity contribution in [1.29, 1.82) is 0 Å². The van der Waals surface area contributed by atoms with Gasteiger partial charge in [0.05, 0.1) is 12.1 Å². The van der Waals surface area contributed by atoms with Gasteiger partial charge in [0, 0.05) is 17.1 Å². The van der Waals surface area contributed by atoms with Crippen molar-refractivity contribution in [3.05, 3.63) is 29.5 Å². The molecule has 1 atom stereocenters. The summed E-state index contributed by atoms with van der Waals surface area (Å²) in [6.07, 6.45) is 1.18. The minimum atomic E-state index is -0.718. The SMILES string of the molecule is CC1C(=O)Nc2c(F)c(CO)cc3c(F)cn1c23. The highest BCUT2D eigenvalue weighted by atomic mass is 19.1. The summed E-state index contributed by atoms with van der Waals surface area (Å²) >= 11 is 0. The number of nitrogens with zero attached hydrogens (tertiary/aromatic N) is 1. The molecule has 1 aliphatic heterocycles.